The average molecular weight is 910 g/mol. The molecule has 0 radical (unpaired) electrons. The molecular formula is C50H51N7O10. The van der Waals surface area contributed by atoms with E-state index in [-0.39, 0.29) is 61.6 Å². The van der Waals surface area contributed by atoms with Gasteiger partial charge in [-0.25, -0.2) is 0 Å². The van der Waals surface area contributed by atoms with Crippen molar-refractivity contribution in [3.8, 4) is 34.5 Å². The Morgan fingerprint density at radius 2 is 1.25 bits per heavy atom. The highest BCUT2D eigenvalue weighted by Gasteiger charge is 2.36. The van der Waals surface area contributed by atoms with E-state index < -0.39 is 12.1 Å². The topological polar surface area (TPSA) is 205 Å². The van der Waals surface area contributed by atoms with E-state index in [0.717, 1.165) is 22.3 Å². The van der Waals surface area contributed by atoms with Crippen LogP contribution in [0.2, 0.25) is 0 Å². The fourth-order valence-electron chi connectivity index (χ4n) is 8.36. The Labute approximate surface area is 387 Å². The van der Waals surface area contributed by atoms with Gasteiger partial charge in [-0.3, -0.25) is 29.2 Å². The summed E-state index contributed by atoms with van der Waals surface area (Å²) in [6.07, 6.45) is 8.87. The molecule has 346 valence electrons. The number of amides is 4. The molecule has 0 fully saturated rings. The van der Waals surface area contributed by atoms with Crippen molar-refractivity contribution in [3.63, 3.8) is 0 Å². The number of hydrogen-bond acceptors (Lipinski definition) is 13. The number of nitrogens with one attached hydrogen (secondary N) is 2. The zero-order chi connectivity index (χ0) is 46.9. The van der Waals surface area contributed by atoms with Crippen molar-refractivity contribution >= 4 is 64.3 Å². The van der Waals surface area contributed by atoms with Gasteiger partial charge in [-0.05, 0) is 71.5 Å². The Kier molecular flexibility index (Phi) is 12.4. The highest BCUT2D eigenvalue weighted by Crippen LogP contribution is 2.43. The molecule has 4 aromatic rings. The lowest BCUT2D eigenvalue weighted by Gasteiger charge is -2.19. The van der Waals surface area contributed by atoms with Crippen molar-refractivity contribution in [2.75, 3.05) is 39.5 Å². The fourth-order valence-corrected chi connectivity index (χ4v) is 8.36. The van der Waals surface area contributed by atoms with Gasteiger partial charge in [0, 0.05) is 61.9 Å². The first-order chi connectivity index (χ1) is 32.4. The van der Waals surface area contributed by atoms with Gasteiger partial charge in [-0.2, -0.15) is 0 Å². The van der Waals surface area contributed by atoms with Crippen molar-refractivity contribution in [2.45, 2.75) is 64.2 Å². The lowest BCUT2D eigenvalue weighted by Crippen LogP contribution is -2.50. The second-order valence-electron chi connectivity index (χ2n) is 17.1. The number of carbonyl (C=O) groups is 4. The number of ether oxygens (including phenoxy) is 6. The van der Waals surface area contributed by atoms with Gasteiger partial charge >= 0.3 is 0 Å². The molecule has 0 saturated carbocycles. The number of benzene rings is 4. The van der Waals surface area contributed by atoms with Crippen LogP contribution in [-0.4, -0.2) is 104 Å². The van der Waals surface area contributed by atoms with Gasteiger partial charge in [0.25, 0.3) is 11.8 Å². The van der Waals surface area contributed by atoms with Crippen molar-refractivity contribution in [1.29, 1.82) is 0 Å². The molecule has 0 spiro atoms. The van der Waals surface area contributed by atoms with E-state index in [1.165, 1.54) is 14.2 Å². The zero-order valence-electron chi connectivity index (χ0n) is 37.7. The van der Waals surface area contributed by atoms with Crippen LogP contribution in [0.25, 0.3) is 11.1 Å². The van der Waals surface area contributed by atoms with Crippen LogP contribution in [0.5, 0.6) is 34.5 Å². The van der Waals surface area contributed by atoms with E-state index in [1.807, 2.05) is 56.6 Å². The number of nitrogens with zero attached hydrogens (tertiary/aromatic N) is 4. The predicted octanol–water partition coefficient (Wildman–Crippen LogP) is 6.65. The summed E-state index contributed by atoms with van der Waals surface area (Å²) in [5.74, 6) is 1.81. The number of aliphatic imine (C=N–C) groups is 2. The monoisotopic (exact) mass is 909 g/mol. The van der Waals surface area contributed by atoms with Gasteiger partial charge in [0.15, 0.2) is 34.5 Å². The molecule has 0 aromatic heterocycles. The summed E-state index contributed by atoms with van der Waals surface area (Å²) < 4.78 is 34.6. The van der Waals surface area contributed by atoms with Crippen LogP contribution in [0, 0.1) is 5.92 Å². The number of methoxy groups -OCH3 is 2. The molecule has 4 atom stereocenters. The molecule has 9 rings (SSSR count). The molecule has 5 heterocycles. The van der Waals surface area contributed by atoms with E-state index in [2.05, 4.69) is 10.6 Å². The maximum atomic E-state index is 14.0. The van der Waals surface area contributed by atoms with E-state index in [1.54, 1.807) is 65.6 Å². The molecule has 17 heteroatoms. The molecule has 4 N–H and O–H groups in total. The van der Waals surface area contributed by atoms with Gasteiger partial charge in [-0.1, -0.05) is 32.0 Å². The molecule has 4 amide bonds. The van der Waals surface area contributed by atoms with Crippen LogP contribution in [0.15, 0.2) is 89.1 Å². The summed E-state index contributed by atoms with van der Waals surface area (Å²) >= 11 is 0. The molecule has 0 aliphatic carbocycles. The standard InChI is InChI=1S/C50H51N7O10/c1-27(2)46(51)48(59)54-28(3)47(58)55-33-10-7-29(8-11-33)31-15-34-22-52-38-20-44(41(62-4)18-36(38)49(60)56(34)24-31)64-13-6-14-65-45-21-39-37(19-42(45)63-5)50(61)57-25-32(16-35(57)23-53-39)30-9-12-40-43(17-30)67-26-66-40/h7-12,17-25,27-28,34-35,46H,6,13-16,26,51H2,1-5H3,(H,54,59)(H,55,58)/t28?,34-,35+,46+/m1/s1. The molecule has 0 bridgehead atoms. The number of nitrogens with two attached hydrogens (primary N) is 1. The third kappa shape index (κ3) is 9.01. The molecule has 67 heavy (non-hydrogen) atoms. The summed E-state index contributed by atoms with van der Waals surface area (Å²) in [6, 6.07) is 17.8. The Bertz CT molecular complexity index is 2770. The largest absolute Gasteiger partial charge is 0.493 e. The number of rotatable bonds is 15. The van der Waals surface area contributed by atoms with Gasteiger partial charge in [0.1, 0.15) is 6.04 Å². The van der Waals surface area contributed by atoms with Crippen LogP contribution >= 0.6 is 0 Å². The number of hydrogen-bond donors (Lipinski definition) is 3. The Morgan fingerprint density at radius 3 is 1.81 bits per heavy atom. The van der Waals surface area contributed by atoms with Crippen LogP contribution in [0.4, 0.5) is 17.1 Å². The third-order valence-electron chi connectivity index (χ3n) is 12.3. The van der Waals surface area contributed by atoms with Crippen LogP contribution in [0.3, 0.4) is 0 Å². The first-order valence-corrected chi connectivity index (χ1v) is 22.1. The second-order valence-corrected chi connectivity index (χ2v) is 17.1. The van der Waals surface area contributed by atoms with Crippen molar-refractivity contribution in [2.24, 2.45) is 21.6 Å². The minimum absolute atomic E-state index is 0.0609. The van der Waals surface area contributed by atoms with Gasteiger partial charge in [0.2, 0.25) is 18.6 Å². The van der Waals surface area contributed by atoms with E-state index in [0.29, 0.717) is 81.9 Å². The maximum absolute atomic E-state index is 14.0. The summed E-state index contributed by atoms with van der Waals surface area (Å²) in [4.78, 5) is 65.8. The molecule has 5 aliphatic heterocycles. The summed E-state index contributed by atoms with van der Waals surface area (Å²) in [6.45, 7) is 6.01. The third-order valence-corrected chi connectivity index (χ3v) is 12.3. The summed E-state index contributed by atoms with van der Waals surface area (Å²) in [7, 11) is 3.04. The smallest absolute Gasteiger partial charge is 0.260 e. The SMILES string of the molecule is COc1cc2c(cc1OCCCOc1cc3c(cc1OC)C(=O)N1C=C(c4ccc(NC(=O)C(C)NC(=O)[C@@H](N)C(C)C)cc4)C[C@@H]1C=N3)N=C[C@@H]1CC(c3ccc4c(c3)OCO4)=CN1C2=O. The van der Waals surface area contributed by atoms with E-state index in [4.69, 9.17) is 44.1 Å². The van der Waals surface area contributed by atoms with Crippen LogP contribution in [0.1, 0.15) is 71.9 Å². The van der Waals surface area contributed by atoms with Crippen LogP contribution < -0.4 is 44.8 Å². The van der Waals surface area contributed by atoms with E-state index in [9.17, 15) is 19.2 Å². The fraction of sp³-hybridized carbons (Fsp3) is 0.320. The second kappa shape index (κ2) is 18.7. The minimum Gasteiger partial charge on any atom is -0.493 e. The lowest BCUT2D eigenvalue weighted by molar-refractivity contribution is -0.127. The Hall–Kier alpha value is -7.66. The predicted molar refractivity (Wildman–Crippen MR) is 251 cm³/mol. The maximum Gasteiger partial charge on any atom is 0.260 e. The number of fused-ring (bicyclic) bond motifs is 5. The minimum atomic E-state index is -0.778. The van der Waals surface area contributed by atoms with Crippen molar-refractivity contribution in [3.05, 3.63) is 101 Å². The summed E-state index contributed by atoms with van der Waals surface area (Å²) in [5, 5.41) is 5.49. The highest BCUT2D eigenvalue weighted by molar-refractivity contribution is 6.07. The Balaban J connectivity index is 0.797. The number of anilines is 1. The number of carbonyl (C=O) groups excluding carboxylic acids is 4. The van der Waals surface area contributed by atoms with E-state index >= 15 is 0 Å². The quantitative estimate of drug-likeness (QED) is 0.108. The molecule has 0 saturated heterocycles. The Morgan fingerprint density at radius 1 is 0.716 bits per heavy atom. The molecule has 1 unspecified atom stereocenters. The van der Waals surface area contributed by atoms with Crippen molar-refractivity contribution in [1.82, 2.24) is 15.1 Å². The normalized spacial score (nSPS) is 18.4. The first-order valence-electron chi connectivity index (χ1n) is 22.1. The van der Waals surface area contributed by atoms with Crippen LogP contribution in [-0.2, 0) is 9.59 Å². The molecule has 17 nitrogen and oxygen atoms in total. The molecule has 4 aromatic carbocycles. The molecule has 5 aliphatic rings. The van der Waals surface area contributed by atoms with Gasteiger partial charge in [-0.15, -0.1) is 0 Å². The summed E-state index contributed by atoms with van der Waals surface area (Å²) in [5.41, 5.74) is 12.0. The average Bonchev–Trinajstić information content (AvgIpc) is 4.07. The lowest BCUT2D eigenvalue weighted by atomic mass is 10.0. The highest BCUT2D eigenvalue weighted by atomic mass is 16.7. The zero-order valence-corrected chi connectivity index (χ0v) is 37.7. The van der Waals surface area contributed by atoms with Gasteiger partial charge < -0.3 is 54.6 Å². The first kappa shape index (κ1) is 44.5. The van der Waals surface area contributed by atoms with Gasteiger partial charge in [0.05, 0.1) is 68.1 Å². The molecular weight excluding hydrogens is 859 g/mol. The van der Waals surface area contributed by atoms with Crippen molar-refractivity contribution < 1.29 is 47.6 Å².